The van der Waals surface area contributed by atoms with E-state index >= 15 is 0 Å². The van der Waals surface area contributed by atoms with Crippen LogP contribution in [-0.2, 0) is 6.42 Å². The molecule has 1 unspecified atom stereocenters. The Hall–Kier alpha value is -0.830. The van der Waals surface area contributed by atoms with Gasteiger partial charge in [-0.25, -0.2) is 4.98 Å². The average Bonchev–Trinajstić information content (AvgIpc) is 2.99. The Balaban J connectivity index is 1.62. The highest BCUT2D eigenvalue weighted by Gasteiger charge is 2.21. The van der Waals surface area contributed by atoms with Crippen LogP contribution in [0.3, 0.4) is 0 Å². The minimum Gasteiger partial charge on any atom is -0.346 e. The molecule has 1 atom stereocenters. The molecule has 3 heteroatoms. The molecule has 1 saturated carbocycles. The zero-order valence-corrected chi connectivity index (χ0v) is 9.84. The fourth-order valence-electron chi connectivity index (χ4n) is 3.08. The Morgan fingerprint density at radius 3 is 2.81 bits per heavy atom. The van der Waals surface area contributed by atoms with Gasteiger partial charge in [0, 0.05) is 30.3 Å². The van der Waals surface area contributed by atoms with Gasteiger partial charge in [0.2, 0.25) is 0 Å². The standard InChI is InChI=1S/C13H21N3/c1-2-5-10(4-1)13-15-9-12(16-13)8-11-6-3-7-14-11/h9-11,14H,1-8H2,(H,15,16). The van der Waals surface area contributed by atoms with Crippen LogP contribution in [0.1, 0.15) is 56.0 Å². The Morgan fingerprint density at radius 1 is 1.19 bits per heavy atom. The monoisotopic (exact) mass is 219 g/mol. The van der Waals surface area contributed by atoms with Crippen LogP contribution in [0, 0.1) is 0 Å². The maximum atomic E-state index is 4.56. The summed E-state index contributed by atoms with van der Waals surface area (Å²) in [4.78, 5) is 8.09. The first-order valence-corrected chi connectivity index (χ1v) is 6.69. The minimum absolute atomic E-state index is 0.678. The summed E-state index contributed by atoms with van der Waals surface area (Å²) in [5, 5.41) is 3.54. The normalized spacial score (nSPS) is 26.6. The van der Waals surface area contributed by atoms with Crippen LogP contribution in [0.4, 0.5) is 0 Å². The molecule has 1 aromatic heterocycles. The first-order chi connectivity index (χ1) is 7.92. The Morgan fingerprint density at radius 2 is 2.06 bits per heavy atom. The minimum atomic E-state index is 0.678. The molecule has 0 amide bonds. The summed E-state index contributed by atoms with van der Waals surface area (Å²) in [6.45, 7) is 1.19. The van der Waals surface area contributed by atoms with Gasteiger partial charge in [0.15, 0.2) is 0 Å². The van der Waals surface area contributed by atoms with E-state index in [1.54, 1.807) is 0 Å². The van der Waals surface area contributed by atoms with Gasteiger partial charge < -0.3 is 10.3 Å². The number of H-pyrrole nitrogens is 1. The van der Waals surface area contributed by atoms with Crippen molar-refractivity contribution < 1.29 is 0 Å². The van der Waals surface area contributed by atoms with Gasteiger partial charge in [-0.3, -0.25) is 0 Å². The Kier molecular flexibility index (Phi) is 2.96. The SMILES string of the molecule is c1nc(C2CCCC2)[nH]c1CC1CCCN1. The predicted molar refractivity (Wildman–Crippen MR) is 64.5 cm³/mol. The lowest BCUT2D eigenvalue weighted by atomic mass is 10.1. The summed E-state index contributed by atoms with van der Waals surface area (Å²) in [6, 6.07) is 0.678. The largest absolute Gasteiger partial charge is 0.346 e. The molecule has 2 aliphatic rings. The molecule has 0 radical (unpaired) electrons. The molecule has 0 spiro atoms. The quantitative estimate of drug-likeness (QED) is 0.819. The molecule has 1 aliphatic carbocycles. The summed E-state index contributed by atoms with van der Waals surface area (Å²) in [5.41, 5.74) is 1.32. The van der Waals surface area contributed by atoms with Crippen LogP contribution in [-0.4, -0.2) is 22.6 Å². The van der Waals surface area contributed by atoms with Gasteiger partial charge >= 0.3 is 0 Å². The zero-order valence-electron chi connectivity index (χ0n) is 9.84. The smallest absolute Gasteiger partial charge is 0.109 e. The number of aromatic nitrogens is 2. The van der Waals surface area contributed by atoms with E-state index in [-0.39, 0.29) is 0 Å². The topological polar surface area (TPSA) is 40.7 Å². The lowest BCUT2D eigenvalue weighted by molar-refractivity contribution is 0.593. The lowest BCUT2D eigenvalue weighted by Gasteiger charge is -2.08. The van der Waals surface area contributed by atoms with Crippen molar-refractivity contribution in [3.63, 3.8) is 0 Å². The van der Waals surface area contributed by atoms with E-state index < -0.39 is 0 Å². The van der Waals surface area contributed by atoms with Gasteiger partial charge in [-0.2, -0.15) is 0 Å². The molecular formula is C13H21N3. The molecule has 1 aromatic rings. The highest BCUT2D eigenvalue weighted by molar-refractivity contribution is 5.08. The van der Waals surface area contributed by atoms with Crippen molar-refractivity contribution in [3.05, 3.63) is 17.7 Å². The Labute approximate surface area is 97.0 Å². The van der Waals surface area contributed by atoms with Crippen molar-refractivity contribution in [2.75, 3.05) is 6.54 Å². The van der Waals surface area contributed by atoms with Gasteiger partial charge in [-0.05, 0) is 32.2 Å². The third-order valence-electron chi connectivity index (χ3n) is 4.02. The van der Waals surface area contributed by atoms with Gasteiger partial charge in [0.25, 0.3) is 0 Å². The van der Waals surface area contributed by atoms with Crippen LogP contribution in [0.15, 0.2) is 6.20 Å². The molecule has 2 fully saturated rings. The van der Waals surface area contributed by atoms with Crippen molar-refractivity contribution in [2.45, 2.75) is 56.9 Å². The number of imidazole rings is 1. The van der Waals surface area contributed by atoms with Crippen LogP contribution < -0.4 is 5.32 Å². The van der Waals surface area contributed by atoms with E-state index in [9.17, 15) is 0 Å². The van der Waals surface area contributed by atoms with E-state index in [1.807, 2.05) is 6.20 Å². The molecule has 88 valence electrons. The van der Waals surface area contributed by atoms with Gasteiger partial charge in [0.1, 0.15) is 5.82 Å². The highest BCUT2D eigenvalue weighted by atomic mass is 15.0. The summed E-state index contributed by atoms with van der Waals surface area (Å²) in [6.07, 6.45) is 11.2. The molecule has 0 bridgehead atoms. The molecule has 2 heterocycles. The zero-order chi connectivity index (χ0) is 10.8. The first-order valence-electron chi connectivity index (χ1n) is 6.69. The molecule has 3 nitrogen and oxygen atoms in total. The number of hydrogen-bond donors (Lipinski definition) is 2. The second-order valence-electron chi connectivity index (χ2n) is 5.27. The van der Waals surface area contributed by atoms with E-state index in [2.05, 4.69) is 15.3 Å². The second-order valence-corrected chi connectivity index (χ2v) is 5.27. The molecule has 1 aliphatic heterocycles. The number of nitrogens with zero attached hydrogens (tertiary/aromatic N) is 1. The highest BCUT2D eigenvalue weighted by Crippen LogP contribution is 2.32. The summed E-state index contributed by atoms with van der Waals surface area (Å²) >= 11 is 0. The molecular weight excluding hydrogens is 198 g/mol. The van der Waals surface area contributed by atoms with Crippen molar-refractivity contribution >= 4 is 0 Å². The summed E-state index contributed by atoms with van der Waals surface area (Å²) in [5.74, 6) is 1.95. The predicted octanol–water partition coefficient (Wildman–Crippen LogP) is 2.36. The third-order valence-corrected chi connectivity index (χ3v) is 4.02. The van der Waals surface area contributed by atoms with Crippen molar-refractivity contribution in [3.8, 4) is 0 Å². The molecule has 0 aromatic carbocycles. The fourth-order valence-corrected chi connectivity index (χ4v) is 3.08. The number of hydrogen-bond acceptors (Lipinski definition) is 2. The maximum absolute atomic E-state index is 4.56. The number of rotatable bonds is 3. The molecule has 16 heavy (non-hydrogen) atoms. The summed E-state index contributed by atoms with van der Waals surface area (Å²) in [7, 11) is 0. The first kappa shape index (κ1) is 10.3. The van der Waals surface area contributed by atoms with Gasteiger partial charge in [-0.1, -0.05) is 12.8 Å². The van der Waals surface area contributed by atoms with Crippen molar-refractivity contribution in [1.29, 1.82) is 0 Å². The lowest BCUT2D eigenvalue weighted by Crippen LogP contribution is -2.23. The van der Waals surface area contributed by atoms with E-state index in [4.69, 9.17) is 0 Å². The Bertz CT molecular complexity index is 333. The van der Waals surface area contributed by atoms with E-state index in [0.717, 1.165) is 6.42 Å². The third kappa shape index (κ3) is 2.14. The number of nitrogens with one attached hydrogen (secondary N) is 2. The molecule has 2 N–H and O–H groups in total. The number of aromatic amines is 1. The fraction of sp³-hybridized carbons (Fsp3) is 0.769. The van der Waals surface area contributed by atoms with Gasteiger partial charge in [0.05, 0.1) is 0 Å². The maximum Gasteiger partial charge on any atom is 0.109 e. The summed E-state index contributed by atoms with van der Waals surface area (Å²) < 4.78 is 0. The average molecular weight is 219 g/mol. The van der Waals surface area contributed by atoms with E-state index in [1.165, 1.54) is 56.6 Å². The van der Waals surface area contributed by atoms with Crippen molar-refractivity contribution in [2.24, 2.45) is 0 Å². The van der Waals surface area contributed by atoms with Crippen molar-refractivity contribution in [1.82, 2.24) is 15.3 Å². The van der Waals surface area contributed by atoms with Gasteiger partial charge in [-0.15, -0.1) is 0 Å². The molecule has 1 saturated heterocycles. The van der Waals surface area contributed by atoms with Crippen LogP contribution in [0.25, 0.3) is 0 Å². The van der Waals surface area contributed by atoms with Crippen LogP contribution in [0.2, 0.25) is 0 Å². The second kappa shape index (κ2) is 4.58. The van der Waals surface area contributed by atoms with Crippen LogP contribution >= 0.6 is 0 Å². The molecule has 3 rings (SSSR count). The van der Waals surface area contributed by atoms with E-state index in [0.29, 0.717) is 12.0 Å². The van der Waals surface area contributed by atoms with Crippen LogP contribution in [0.5, 0.6) is 0 Å².